The lowest BCUT2D eigenvalue weighted by Gasteiger charge is -2.34. The van der Waals surface area contributed by atoms with Crippen LogP contribution in [0.2, 0.25) is 0 Å². The number of amides is 1. The molecule has 18 heavy (non-hydrogen) atoms. The van der Waals surface area contributed by atoms with Crippen LogP contribution in [0.15, 0.2) is 0 Å². The molecule has 2 aliphatic heterocycles. The smallest absolute Gasteiger partial charge is 0.223 e. The first-order valence-electron chi connectivity index (χ1n) is 6.76. The number of carbonyl (C=O) groups excluding carboxylic acids is 1. The van der Waals surface area contributed by atoms with Crippen LogP contribution < -0.4 is 10.6 Å². The lowest BCUT2D eigenvalue weighted by Crippen LogP contribution is -2.44. The summed E-state index contributed by atoms with van der Waals surface area (Å²) < 4.78 is 5.28. The molecule has 0 aliphatic carbocycles. The molecular formula is C13H25ClN2O2. The minimum atomic E-state index is 0. The second-order valence-electron chi connectivity index (χ2n) is 5.67. The summed E-state index contributed by atoms with van der Waals surface area (Å²) in [6.07, 6.45) is 4.07. The van der Waals surface area contributed by atoms with Crippen LogP contribution in [0.5, 0.6) is 0 Å². The third-order valence-corrected chi connectivity index (χ3v) is 4.09. The number of carbonyl (C=O) groups is 1. The fraction of sp³-hybridized carbons (Fsp3) is 0.923. The van der Waals surface area contributed by atoms with Gasteiger partial charge in [0, 0.05) is 25.7 Å². The Morgan fingerprint density at radius 3 is 2.56 bits per heavy atom. The summed E-state index contributed by atoms with van der Waals surface area (Å²) in [5.41, 5.74) is 0.284. The Kier molecular flexibility index (Phi) is 6.39. The number of ether oxygens (including phenoxy) is 1. The van der Waals surface area contributed by atoms with Crippen molar-refractivity contribution < 1.29 is 9.53 Å². The van der Waals surface area contributed by atoms with Gasteiger partial charge in [-0.1, -0.05) is 6.92 Å². The van der Waals surface area contributed by atoms with Gasteiger partial charge in [-0.25, -0.2) is 0 Å². The molecule has 2 rings (SSSR count). The summed E-state index contributed by atoms with van der Waals surface area (Å²) in [6.45, 7) is 6.72. The summed E-state index contributed by atoms with van der Waals surface area (Å²) in [6, 6.07) is 0. The molecule has 0 aromatic carbocycles. The molecule has 0 atom stereocenters. The third-order valence-electron chi connectivity index (χ3n) is 4.09. The molecule has 0 radical (unpaired) electrons. The van der Waals surface area contributed by atoms with E-state index >= 15 is 0 Å². The van der Waals surface area contributed by atoms with E-state index in [-0.39, 0.29) is 29.6 Å². The maximum atomic E-state index is 12.0. The van der Waals surface area contributed by atoms with Crippen molar-refractivity contribution in [3.63, 3.8) is 0 Å². The molecular weight excluding hydrogens is 252 g/mol. The molecule has 2 saturated heterocycles. The molecule has 106 valence electrons. The normalized spacial score (nSPS) is 24.1. The quantitative estimate of drug-likeness (QED) is 0.818. The minimum Gasteiger partial charge on any atom is -0.381 e. The summed E-state index contributed by atoms with van der Waals surface area (Å²) in [7, 11) is 0. The van der Waals surface area contributed by atoms with Gasteiger partial charge in [-0.3, -0.25) is 4.79 Å². The van der Waals surface area contributed by atoms with Crippen molar-refractivity contribution in [3.8, 4) is 0 Å². The zero-order chi connectivity index (χ0) is 12.1. The highest BCUT2D eigenvalue weighted by Gasteiger charge is 2.28. The predicted octanol–water partition coefficient (Wildman–Crippen LogP) is 1.34. The Morgan fingerprint density at radius 2 is 1.94 bits per heavy atom. The van der Waals surface area contributed by atoms with Crippen molar-refractivity contribution in [2.45, 2.75) is 32.6 Å². The van der Waals surface area contributed by atoms with Crippen molar-refractivity contribution in [1.82, 2.24) is 10.6 Å². The lowest BCUT2D eigenvalue weighted by molar-refractivity contribution is -0.128. The molecule has 2 aliphatic rings. The number of halogens is 1. The fourth-order valence-corrected chi connectivity index (χ4v) is 2.61. The highest BCUT2D eigenvalue weighted by Crippen LogP contribution is 2.27. The fourth-order valence-electron chi connectivity index (χ4n) is 2.61. The van der Waals surface area contributed by atoms with Gasteiger partial charge in [0.2, 0.25) is 5.91 Å². The number of rotatable bonds is 3. The van der Waals surface area contributed by atoms with Gasteiger partial charge in [-0.15, -0.1) is 12.4 Å². The Morgan fingerprint density at radius 1 is 1.33 bits per heavy atom. The van der Waals surface area contributed by atoms with Crippen LogP contribution in [-0.4, -0.2) is 38.8 Å². The number of hydrogen-bond acceptors (Lipinski definition) is 3. The summed E-state index contributed by atoms with van der Waals surface area (Å²) in [5, 5.41) is 6.50. The monoisotopic (exact) mass is 276 g/mol. The standard InChI is InChI=1S/C13H24N2O2.ClH/c1-13(4-6-14-7-5-13)10-15-12(16)11-2-8-17-9-3-11;/h11,14H,2-10H2,1H3,(H,15,16);1H. The molecule has 0 aromatic heterocycles. The lowest BCUT2D eigenvalue weighted by atomic mass is 9.81. The summed E-state index contributed by atoms with van der Waals surface area (Å²) >= 11 is 0. The first-order chi connectivity index (χ1) is 8.20. The van der Waals surface area contributed by atoms with Crippen LogP contribution >= 0.6 is 12.4 Å². The van der Waals surface area contributed by atoms with Crippen LogP contribution in [-0.2, 0) is 9.53 Å². The van der Waals surface area contributed by atoms with Crippen molar-refractivity contribution in [2.75, 3.05) is 32.8 Å². The van der Waals surface area contributed by atoms with E-state index in [1.165, 1.54) is 0 Å². The number of piperidine rings is 1. The zero-order valence-electron chi connectivity index (χ0n) is 11.2. The van der Waals surface area contributed by atoms with Gasteiger partial charge in [-0.2, -0.15) is 0 Å². The van der Waals surface area contributed by atoms with Crippen LogP contribution in [0.4, 0.5) is 0 Å². The predicted molar refractivity (Wildman–Crippen MR) is 74.0 cm³/mol. The molecule has 2 fully saturated rings. The van der Waals surface area contributed by atoms with Gasteiger partial charge < -0.3 is 15.4 Å². The molecule has 4 nitrogen and oxygen atoms in total. The van der Waals surface area contributed by atoms with E-state index < -0.39 is 0 Å². The summed E-state index contributed by atoms with van der Waals surface area (Å²) in [4.78, 5) is 12.0. The van der Waals surface area contributed by atoms with Gasteiger partial charge in [0.15, 0.2) is 0 Å². The van der Waals surface area contributed by atoms with E-state index in [1.54, 1.807) is 0 Å². The van der Waals surface area contributed by atoms with Crippen LogP contribution in [0.25, 0.3) is 0 Å². The molecule has 0 unspecified atom stereocenters. The highest BCUT2D eigenvalue weighted by atomic mass is 35.5. The van der Waals surface area contributed by atoms with E-state index in [0.717, 1.165) is 58.5 Å². The van der Waals surface area contributed by atoms with Gasteiger partial charge in [0.1, 0.15) is 0 Å². The van der Waals surface area contributed by atoms with Gasteiger partial charge in [0.05, 0.1) is 0 Å². The Balaban J connectivity index is 0.00000162. The summed E-state index contributed by atoms with van der Waals surface area (Å²) in [5.74, 6) is 0.405. The zero-order valence-corrected chi connectivity index (χ0v) is 12.0. The number of nitrogens with one attached hydrogen (secondary N) is 2. The van der Waals surface area contributed by atoms with E-state index in [9.17, 15) is 4.79 Å². The van der Waals surface area contributed by atoms with Gasteiger partial charge >= 0.3 is 0 Å². The average Bonchev–Trinajstić information content (AvgIpc) is 2.38. The number of hydrogen-bond donors (Lipinski definition) is 2. The maximum Gasteiger partial charge on any atom is 0.223 e. The molecule has 0 bridgehead atoms. The first kappa shape index (κ1) is 15.7. The van der Waals surface area contributed by atoms with Crippen LogP contribution in [0.3, 0.4) is 0 Å². The molecule has 0 aromatic rings. The maximum absolute atomic E-state index is 12.0. The topological polar surface area (TPSA) is 50.4 Å². The Bertz CT molecular complexity index is 262. The Labute approximate surface area is 116 Å². The van der Waals surface area contributed by atoms with E-state index in [1.807, 2.05) is 0 Å². The van der Waals surface area contributed by atoms with Crippen molar-refractivity contribution in [3.05, 3.63) is 0 Å². The SMILES string of the molecule is CC1(CNC(=O)C2CCOCC2)CCNCC1.Cl. The first-order valence-corrected chi connectivity index (χ1v) is 6.76. The largest absolute Gasteiger partial charge is 0.381 e. The minimum absolute atomic E-state index is 0. The molecule has 0 spiro atoms. The van der Waals surface area contributed by atoms with Crippen molar-refractivity contribution in [1.29, 1.82) is 0 Å². The second-order valence-corrected chi connectivity index (χ2v) is 5.67. The molecule has 1 amide bonds. The molecule has 5 heteroatoms. The van der Waals surface area contributed by atoms with Gasteiger partial charge in [-0.05, 0) is 44.2 Å². The highest BCUT2D eigenvalue weighted by molar-refractivity contribution is 5.85. The van der Waals surface area contributed by atoms with Crippen LogP contribution in [0, 0.1) is 11.3 Å². The molecule has 0 saturated carbocycles. The van der Waals surface area contributed by atoms with Crippen molar-refractivity contribution in [2.24, 2.45) is 11.3 Å². The van der Waals surface area contributed by atoms with Gasteiger partial charge in [0.25, 0.3) is 0 Å². The van der Waals surface area contributed by atoms with E-state index in [0.29, 0.717) is 0 Å². The van der Waals surface area contributed by atoms with Crippen molar-refractivity contribution >= 4 is 18.3 Å². The van der Waals surface area contributed by atoms with Crippen LogP contribution in [0.1, 0.15) is 32.6 Å². The Hall–Kier alpha value is -0.320. The van der Waals surface area contributed by atoms with E-state index in [2.05, 4.69) is 17.6 Å². The third kappa shape index (κ3) is 4.41. The molecule has 2 heterocycles. The van der Waals surface area contributed by atoms with E-state index in [4.69, 9.17) is 4.74 Å². The second kappa shape index (κ2) is 7.31. The molecule has 2 N–H and O–H groups in total. The average molecular weight is 277 g/mol.